The molecule has 0 aliphatic heterocycles. The third kappa shape index (κ3) is 4.08. The summed E-state index contributed by atoms with van der Waals surface area (Å²) in [7, 11) is 1.75. The first-order chi connectivity index (χ1) is 8.99. The van der Waals surface area contributed by atoms with Gasteiger partial charge in [0.2, 0.25) is 5.91 Å². The molecule has 1 aromatic rings. The lowest BCUT2D eigenvalue weighted by molar-refractivity contribution is -0.132. The number of nitrogens with zero attached hydrogens (tertiary/aromatic N) is 2. The van der Waals surface area contributed by atoms with Gasteiger partial charge in [0.05, 0.1) is 17.7 Å². The van der Waals surface area contributed by atoms with Gasteiger partial charge in [-0.2, -0.15) is 5.26 Å². The Hall–Kier alpha value is -1.86. The van der Waals surface area contributed by atoms with Gasteiger partial charge in [0.15, 0.2) is 0 Å². The molecular weight excluding hydrogens is 238 g/mol. The molecule has 1 amide bonds. The molecule has 0 aliphatic rings. The number of hydrogen-bond donors (Lipinski definition) is 1. The maximum absolute atomic E-state index is 12.1. The van der Waals surface area contributed by atoms with Crippen molar-refractivity contribution in [1.29, 1.82) is 5.26 Å². The minimum absolute atomic E-state index is 0.0429. The fourth-order valence-corrected chi connectivity index (χ4v) is 1.79. The zero-order valence-corrected chi connectivity index (χ0v) is 11.8. The average molecular weight is 259 g/mol. The first-order valence-corrected chi connectivity index (χ1v) is 6.49. The van der Waals surface area contributed by atoms with Crippen LogP contribution < -0.4 is 5.73 Å². The summed E-state index contributed by atoms with van der Waals surface area (Å²) in [5.41, 5.74) is 7.55. The van der Waals surface area contributed by atoms with Crippen molar-refractivity contribution in [3.8, 4) is 6.07 Å². The van der Waals surface area contributed by atoms with Gasteiger partial charge in [0, 0.05) is 13.6 Å². The van der Waals surface area contributed by atoms with Crippen molar-refractivity contribution >= 4 is 5.91 Å². The van der Waals surface area contributed by atoms with E-state index in [1.807, 2.05) is 26.0 Å². The molecule has 0 bridgehead atoms. The molecule has 1 aromatic carbocycles. The molecular formula is C15H21N3O. The quantitative estimate of drug-likeness (QED) is 0.877. The summed E-state index contributed by atoms with van der Waals surface area (Å²) in [6.45, 7) is 4.52. The van der Waals surface area contributed by atoms with Crippen LogP contribution in [0.5, 0.6) is 0 Å². The highest BCUT2D eigenvalue weighted by molar-refractivity contribution is 5.81. The lowest BCUT2D eigenvalue weighted by atomic mass is 9.99. The van der Waals surface area contributed by atoms with E-state index in [4.69, 9.17) is 11.0 Å². The van der Waals surface area contributed by atoms with Gasteiger partial charge < -0.3 is 10.6 Å². The normalized spacial score (nSPS) is 13.4. The van der Waals surface area contributed by atoms with Crippen LogP contribution in [-0.4, -0.2) is 23.9 Å². The van der Waals surface area contributed by atoms with Crippen LogP contribution in [0.2, 0.25) is 0 Å². The van der Waals surface area contributed by atoms with Crippen LogP contribution in [0, 0.1) is 17.2 Å². The minimum Gasteiger partial charge on any atom is -0.340 e. The number of hydrogen-bond acceptors (Lipinski definition) is 3. The molecule has 0 radical (unpaired) electrons. The maximum atomic E-state index is 12.1. The smallest absolute Gasteiger partial charge is 0.239 e. The van der Waals surface area contributed by atoms with Crippen molar-refractivity contribution in [1.82, 2.24) is 4.90 Å². The molecule has 0 saturated carbocycles. The molecule has 0 aliphatic carbocycles. The fraction of sp³-hybridized carbons (Fsp3) is 0.467. The third-order valence-corrected chi connectivity index (χ3v) is 3.42. The van der Waals surface area contributed by atoms with Gasteiger partial charge >= 0.3 is 0 Å². The highest BCUT2D eigenvalue weighted by Crippen LogP contribution is 2.11. The predicted molar refractivity (Wildman–Crippen MR) is 75.1 cm³/mol. The molecule has 0 fully saturated rings. The highest BCUT2D eigenvalue weighted by atomic mass is 16.2. The molecule has 0 unspecified atom stereocenters. The van der Waals surface area contributed by atoms with E-state index in [1.54, 1.807) is 24.1 Å². The third-order valence-electron chi connectivity index (χ3n) is 3.42. The van der Waals surface area contributed by atoms with Gasteiger partial charge in [0.1, 0.15) is 0 Å². The molecule has 2 N–H and O–H groups in total. The summed E-state index contributed by atoms with van der Waals surface area (Å²) in [5.74, 6) is 0.134. The second-order valence-corrected chi connectivity index (χ2v) is 4.91. The zero-order chi connectivity index (χ0) is 14.4. The van der Waals surface area contributed by atoms with Gasteiger partial charge in [-0.15, -0.1) is 0 Å². The van der Waals surface area contributed by atoms with Crippen LogP contribution in [0.4, 0.5) is 0 Å². The van der Waals surface area contributed by atoms with Crippen molar-refractivity contribution in [3.05, 3.63) is 35.4 Å². The molecule has 102 valence electrons. The first-order valence-electron chi connectivity index (χ1n) is 6.49. The monoisotopic (exact) mass is 259 g/mol. The van der Waals surface area contributed by atoms with E-state index in [0.29, 0.717) is 12.1 Å². The van der Waals surface area contributed by atoms with Gasteiger partial charge in [-0.1, -0.05) is 32.4 Å². The van der Waals surface area contributed by atoms with Crippen molar-refractivity contribution in [2.24, 2.45) is 11.7 Å². The Kier molecular flexibility index (Phi) is 5.53. The van der Waals surface area contributed by atoms with Gasteiger partial charge in [-0.25, -0.2) is 0 Å². The Bertz CT molecular complexity index is 461. The summed E-state index contributed by atoms with van der Waals surface area (Å²) in [4.78, 5) is 13.8. The molecule has 19 heavy (non-hydrogen) atoms. The van der Waals surface area contributed by atoms with E-state index in [1.165, 1.54) is 0 Å². The van der Waals surface area contributed by atoms with E-state index in [-0.39, 0.29) is 11.8 Å². The van der Waals surface area contributed by atoms with E-state index >= 15 is 0 Å². The number of likely N-dealkylation sites (N-methyl/N-ethyl adjacent to an activating group) is 1. The van der Waals surface area contributed by atoms with E-state index < -0.39 is 6.04 Å². The number of carbonyl (C=O) groups is 1. The second kappa shape index (κ2) is 6.91. The lowest BCUT2D eigenvalue weighted by Crippen LogP contribution is -2.45. The topological polar surface area (TPSA) is 70.1 Å². The van der Waals surface area contributed by atoms with Crippen molar-refractivity contribution < 1.29 is 4.79 Å². The lowest BCUT2D eigenvalue weighted by Gasteiger charge is -2.24. The van der Waals surface area contributed by atoms with Crippen molar-refractivity contribution in [3.63, 3.8) is 0 Å². The van der Waals surface area contributed by atoms with E-state index in [2.05, 4.69) is 6.07 Å². The zero-order valence-electron chi connectivity index (χ0n) is 11.8. The number of nitrogens with two attached hydrogens (primary N) is 1. The Labute approximate surface area is 114 Å². The summed E-state index contributed by atoms with van der Waals surface area (Å²) >= 11 is 0. The van der Waals surface area contributed by atoms with Gasteiger partial charge in [0.25, 0.3) is 0 Å². The Morgan fingerprint density at radius 2 is 2.00 bits per heavy atom. The molecule has 1 rings (SSSR count). The van der Waals surface area contributed by atoms with Crippen LogP contribution in [0.15, 0.2) is 24.3 Å². The Balaban J connectivity index is 2.65. The average Bonchev–Trinajstić information content (AvgIpc) is 2.45. The molecule has 2 atom stereocenters. The van der Waals surface area contributed by atoms with Crippen LogP contribution in [0.1, 0.15) is 31.4 Å². The summed E-state index contributed by atoms with van der Waals surface area (Å²) < 4.78 is 0. The van der Waals surface area contributed by atoms with Crippen LogP contribution in [-0.2, 0) is 11.3 Å². The van der Waals surface area contributed by atoms with Gasteiger partial charge in [-0.3, -0.25) is 4.79 Å². The maximum Gasteiger partial charge on any atom is 0.239 e. The Morgan fingerprint density at radius 1 is 1.42 bits per heavy atom. The van der Waals surface area contributed by atoms with Crippen LogP contribution in [0.25, 0.3) is 0 Å². The number of benzene rings is 1. The molecule has 0 saturated heterocycles. The molecule has 0 heterocycles. The predicted octanol–water partition coefficient (Wildman–Crippen LogP) is 1.89. The number of nitriles is 1. The van der Waals surface area contributed by atoms with Crippen molar-refractivity contribution in [2.45, 2.75) is 32.9 Å². The fourth-order valence-electron chi connectivity index (χ4n) is 1.79. The summed E-state index contributed by atoms with van der Waals surface area (Å²) in [5, 5.41) is 8.73. The number of rotatable bonds is 5. The molecule has 4 nitrogen and oxygen atoms in total. The van der Waals surface area contributed by atoms with Crippen LogP contribution in [0.3, 0.4) is 0 Å². The minimum atomic E-state index is -0.451. The Morgan fingerprint density at radius 3 is 2.47 bits per heavy atom. The van der Waals surface area contributed by atoms with E-state index in [9.17, 15) is 4.79 Å². The number of amides is 1. The van der Waals surface area contributed by atoms with Crippen LogP contribution >= 0.6 is 0 Å². The first kappa shape index (κ1) is 15.2. The standard InChI is InChI=1S/C15H21N3O/c1-4-11(2)14(17)15(19)18(3)10-13-7-5-12(9-16)6-8-13/h5-8,11,14H,4,10,17H2,1-3H3/t11-,14-/m0/s1. The van der Waals surface area contributed by atoms with E-state index in [0.717, 1.165) is 12.0 Å². The summed E-state index contributed by atoms with van der Waals surface area (Å²) in [6.07, 6.45) is 0.887. The molecule has 0 aromatic heterocycles. The molecule has 4 heteroatoms. The molecule has 0 spiro atoms. The highest BCUT2D eigenvalue weighted by Gasteiger charge is 2.22. The summed E-state index contributed by atoms with van der Waals surface area (Å²) in [6, 6.07) is 8.84. The number of carbonyl (C=O) groups excluding carboxylic acids is 1. The van der Waals surface area contributed by atoms with Gasteiger partial charge in [-0.05, 0) is 23.6 Å². The second-order valence-electron chi connectivity index (χ2n) is 4.91. The SMILES string of the molecule is CC[C@H](C)[C@H](N)C(=O)N(C)Cc1ccc(C#N)cc1. The largest absolute Gasteiger partial charge is 0.340 e. The van der Waals surface area contributed by atoms with Crippen molar-refractivity contribution in [2.75, 3.05) is 7.05 Å².